The lowest BCUT2D eigenvalue weighted by molar-refractivity contribution is -0.137. The van der Waals surface area contributed by atoms with Crippen LogP contribution < -0.4 is 5.32 Å². The van der Waals surface area contributed by atoms with E-state index in [2.05, 4.69) is 31.3 Å². The van der Waals surface area contributed by atoms with Crippen LogP contribution in [0.2, 0.25) is 0 Å². The molecule has 0 spiro atoms. The van der Waals surface area contributed by atoms with Crippen molar-refractivity contribution in [1.29, 1.82) is 0 Å². The lowest BCUT2D eigenvalue weighted by Crippen LogP contribution is -2.25. The summed E-state index contributed by atoms with van der Waals surface area (Å²) in [6, 6.07) is 7.71. The molecule has 2 rings (SSSR count). The molecular formula is C17H25NO2. The third-order valence-corrected chi connectivity index (χ3v) is 4.47. The molecule has 1 saturated carbocycles. The number of hydrogen-bond donors (Lipinski definition) is 2. The summed E-state index contributed by atoms with van der Waals surface area (Å²) in [4.78, 5) is 10.8. The normalized spacial score (nSPS) is 20.4. The molecule has 0 heterocycles. The number of hydrogen-bond acceptors (Lipinski definition) is 2. The van der Waals surface area contributed by atoms with Gasteiger partial charge in [0.25, 0.3) is 0 Å². The lowest BCUT2D eigenvalue weighted by Gasteiger charge is -2.34. The minimum atomic E-state index is -0.830. The zero-order valence-electron chi connectivity index (χ0n) is 12.6. The molecule has 0 radical (unpaired) electrons. The van der Waals surface area contributed by atoms with Crippen molar-refractivity contribution in [2.24, 2.45) is 5.41 Å². The molecule has 0 amide bonds. The average molecular weight is 275 g/mol. The molecule has 110 valence electrons. The van der Waals surface area contributed by atoms with Gasteiger partial charge in [0.05, 0.1) is 0 Å². The van der Waals surface area contributed by atoms with Crippen LogP contribution in [0.1, 0.15) is 57.9 Å². The van der Waals surface area contributed by atoms with Gasteiger partial charge in [-0.1, -0.05) is 26.0 Å². The van der Waals surface area contributed by atoms with Crippen molar-refractivity contribution in [3.8, 4) is 0 Å². The van der Waals surface area contributed by atoms with E-state index in [-0.39, 0.29) is 0 Å². The highest BCUT2D eigenvalue weighted by atomic mass is 16.4. The topological polar surface area (TPSA) is 49.3 Å². The summed E-state index contributed by atoms with van der Waals surface area (Å²) in [5.74, 6) is -0.169. The molecule has 1 aromatic carbocycles. The molecule has 1 aliphatic rings. The molecule has 1 aliphatic carbocycles. The summed E-state index contributed by atoms with van der Waals surface area (Å²) in [6.45, 7) is 6.35. The fourth-order valence-corrected chi connectivity index (χ4v) is 2.90. The van der Waals surface area contributed by atoms with Crippen molar-refractivity contribution < 1.29 is 9.90 Å². The van der Waals surface area contributed by atoms with Crippen molar-refractivity contribution in [1.82, 2.24) is 0 Å². The van der Waals surface area contributed by atoms with Crippen LogP contribution in [-0.2, 0) is 4.79 Å². The first-order chi connectivity index (χ1) is 9.37. The quantitative estimate of drug-likeness (QED) is 0.863. The monoisotopic (exact) mass is 275 g/mol. The Morgan fingerprint density at radius 3 is 2.30 bits per heavy atom. The zero-order chi connectivity index (χ0) is 14.8. The summed E-state index contributed by atoms with van der Waals surface area (Å²) in [6.07, 6.45) is 5.08. The maximum absolute atomic E-state index is 10.8. The van der Waals surface area contributed by atoms with Crippen molar-refractivity contribution in [2.75, 3.05) is 5.32 Å². The SMILES string of the molecule is C[C@H](Nc1ccc(C2CCC(C)(C)CC2)cc1)C(=O)O. The van der Waals surface area contributed by atoms with E-state index >= 15 is 0 Å². The van der Waals surface area contributed by atoms with Gasteiger partial charge in [0, 0.05) is 5.69 Å². The molecule has 3 heteroatoms. The van der Waals surface area contributed by atoms with Crippen molar-refractivity contribution in [3.05, 3.63) is 29.8 Å². The summed E-state index contributed by atoms with van der Waals surface area (Å²) in [7, 11) is 0. The van der Waals surface area contributed by atoms with Gasteiger partial charge in [0.2, 0.25) is 0 Å². The number of carboxylic acids is 1. The molecule has 1 fully saturated rings. The molecule has 0 saturated heterocycles. The molecule has 1 aromatic rings. The van der Waals surface area contributed by atoms with E-state index in [1.54, 1.807) is 6.92 Å². The lowest BCUT2D eigenvalue weighted by atomic mass is 9.71. The van der Waals surface area contributed by atoms with E-state index in [4.69, 9.17) is 5.11 Å². The molecule has 0 unspecified atom stereocenters. The van der Waals surface area contributed by atoms with Gasteiger partial charge in [0.15, 0.2) is 0 Å². The molecule has 0 aliphatic heterocycles. The molecule has 2 N–H and O–H groups in total. The first kappa shape index (κ1) is 14.9. The highest BCUT2D eigenvalue weighted by Crippen LogP contribution is 2.42. The summed E-state index contributed by atoms with van der Waals surface area (Å²) in [5.41, 5.74) is 2.75. The second-order valence-corrected chi connectivity index (χ2v) is 6.76. The van der Waals surface area contributed by atoms with Crippen LogP contribution in [0.4, 0.5) is 5.69 Å². The van der Waals surface area contributed by atoms with Gasteiger partial charge in [-0.15, -0.1) is 0 Å². The molecule has 3 nitrogen and oxygen atoms in total. The molecule has 0 aromatic heterocycles. The smallest absolute Gasteiger partial charge is 0.325 e. The number of nitrogens with one attached hydrogen (secondary N) is 1. The highest BCUT2D eigenvalue weighted by molar-refractivity contribution is 5.76. The Kier molecular flexibility index (Phi) is 4.36. The van der Waals surface area contributed by atoms with Crippen molar-refractivity contribution in [2.45, 2.75) is 58.4 Å². The van der Waals surface area contributed by atoms with Gasteiger partial charge >= 0.3 is 5.97 Å². The Morgan fingerprint density at radius 1 is 1.25 bits per heavy atom. The Hall–Kier alpha value is -1.51. The third-order valence-electron chi connectivity index (χ3n) is 4.47. The first-order valence-corrected chi connectivity index (χ1v) is 7.47. The fourth-order valence-electron chi connectivity index (χ4n) is 2.90. The van der Waals surface area contributed by atoms with Crippen LogP contribution >= 0.6 is 0 Å². The van der Waals surface area contributed by atoms with Crippen molar-refractivity contribution >= 4 is 11.7 Å². The first-order valence-electron chi connectivity index (χ1n) is 7.47. The molecular weight excluding hydrogens is 250 g/mol. The minimum absolute atomic E-state index is 0.495. The van der Waals surface area contributed by atoms with Crippen LogP contribution in [0.15, 0.2) is 24.3 Å². The van der Waals surface area contributed by atoms with E-state index < -0.39 is 12.0 Å². The predicted octanol–water partition coefficient (Wildman–Crippen LogP) is 4.26. The summed E-state index contributed by atoms with van der Waals surface area (Å²) >= 11 is 0. The standard InChI is InChI=1S/C17H25NO2/c1-12(16(19)20)18-15-6-4-13(5-7-15)14-8-10-17(2,3)11-9-14/h4-7,12,14,18H,8-11H2,1-3H3,(H,19,20)/t12-/m0/s1. The van der Waals surface area contributed by atoms with Gasteiger partial charge in [-0.3, -0.25) is 4.79 Å². The summed E-state index contributed by atoms with van der Waals surface area (Å²) in [5, 5.41) is 11.9. The minimum Gasteiger partial charge on any atom is -0.480 e. The van der Waals surface area contributed by atoms with E-state index in [0.717, 1.165) is 5.69 Å². The Bertz CT molecular complexity index is 454. The Labute approximate surface area is 121 Å². The second kappa shape index (κ2) is 5.86. The predicted molar refractivity (Wildman–Crippen MR) is 82.2 cm³/mol. The van der Waals surface area contributed by atoms with Gasteiger partial charge in [0.1, 0.15) is 6.04 Å². The third kappa shape index (κ3) is 3.75. The fraction of sp³-hybridized carbons (Fsp3) is 0.588. The van der Waals surface area contributed by atoms with Crippen LogP contribution in [0.25, 0.3) is 0 Å². The average Bonchev–Trinajstić information content (AvgIpc) is 2.39. The molecule has 0 bridgehead atoms. The number of anilines is 1. The van der Waals surface area contributed by atoms with Crippen molar-refractivity contribution in [3.63, 3.8) is 0 Å². The van der Waals surface area contributed by atoms with Gasteiger partial charge in [-0.05, 0) is 61.6 Å². The summed E-state index contributed by atoms with van der Waals surface area (Å²) < 4.78 is 0. The largest absolute Gasteiger partial charge is 0.480 e. The maximum Gasteiger partial charge on any atom is 0.325 e. The number of rotatable bonds is 4. The van der Waals surface area contributed by atoms with Gasteiger partial charge < -0.3 is 10.4 Å². The van der Waals surface area contributed by atoms with E-state index in [1.807, 2.05) is 12.1 Å². The Morgan fingerprint density at radius 2 is 1.80 bits per heavy atom. The number of benzene rings is 1. The van der Waals surface area contributed by atoms with Crippen LogP contribution in [0, 0.1) is 5.41 Å². The van der Waals surface area contributed by atoms with Gasteiger partial charge in [-0.25, -0.2) is 0 Å². The van der Waals surface area contributed by atoms with E-state index in [0.29, 0.717) is 11.3 Å². The van der Waals surface area contributed by atoms with Crippen LogP contribution in [0.5, 0.6) is 0 Å². The van der Waals surface area contributed by atoms with Gasteiger partial charge in [-0.2, -0.15) is 0 Å². The van der Waals surface area contributed by atoms with E-state index in [1.165, 1.54) is 31.2 Å². The maximum atomic E-state index is 10.8. The molecule has 20 heavy (non-hydrogen) atoms. The highest BCUT2D eigenvalue weighted by Gasteiger charge is 2.27. The number of carbonyl (C=O) groups is 1. The van der Waals surface area contributed by atoms with Crippen LogP contribution in [0.3, 0.4) is 0 Å². The second-order valence-electron chi connectivity index (χ2n) is 6.76. The van der Waals surface area contributed by atoms with E-state index in [9.17, 15) is 4.79 Å². The number of carboxylic acid groups (broad SMARTS) is 1. The van der Waals surface area contributed by atoms with Crippen LogP contribution in [-0.4, -0.2) is 17.1 Å². The Balaban J connectivity index is 1.97. The zero-order valence-corrected chi connectivity index (χ0v) is 12.6. The molecule has 1 atom stereocenters. The number of aliphatic carboxylic acids is 1.